The minimum atomic E-state index is 0.266. The van der Waals surface area contributed by atoms with E-state index in [1.54, 1.807) is 0 Å². The Morgan fingerprint density at radius 2 is 1.70 bits per heavy atom. The van der Waals surface area contributed by atoms with Crippen molar-refractivity contribution in [3.8, 4) is 0 Å². The summed E-state index contributed by atoms with van der Waals surface area (Å²) in [6.07, 6.45) is 0. The first-order chi connectivity index (χ1) is 4.54. The molecule has 0 amide bonds. The van der Waals surface area contributed by atoms with Gasteiger partial charge in [0.15, 0.2) is 0 Å². The summed E-state index contributed by atoms with van der Waals surface area (Å²) in [6, 6.07) is 0.542. The third-order valence-electron chi connectivity index (χ3n) is 1.44. The first-order valence-electron chi connectivity index (χ1n) is 3.91. The highest BCUT2D eigenvalue weighted by Gasteiger charge is 2.08. The summed E-state index contributed by atoms with van der Waals surface area (Å²) in [5.41, 5.74) is 0. The average Bonchev–Trinajstić information content (AvgIpc) is 1.82. The maximum absolute atomic E-state index is 6.00. The number of nitrogens with one attached hydrogen (secondary N) is 1. The molecule has 0 saturated heterocycles. The van der Waals surface area contributed by atoms with Gasteiger partial charge in [0.2, 0.25) is 0 Å². The van der Waals surface area contributed by atoms with Crippen molar-refractivity contribution in [2.75, 3.05) is 6.54 Å². The highest BCUT2D eigenvalue weighted by molar-refractivity contribution is 6.20. The molecule has 1 N–H and O–H groups in total. The van der Waals surface area contributed by atoms with E-state index in [0.29, 0.717) is 12.0 Å². The summed E-state index contributed by atoms with van der Waals surface area (Å²) in [4.78, 5) is 0. The molecule has 0 heterocycles. The van der Waals surface area contributed by atoms with Gasteiger partial charge in [-0.15, -0.1) is 11.6 Å². The normalized spacial score (nSPS) is 14.7. The lowest BCUT2D eigenvalue weighted by molar-refractivity contribution is 0.511. The van der Waals surface area contributed by atoms with E-state index in [4.69, 9.17) is 11.6 Å². The van der Waals surface area contributed by atoms with Gasteiger partial charge in [0.05, 0.1) is 0 Å². The molecule has 0 aromatic carbocycles. The fourth-order valence-electron chi connectivity index (χ4n) is 0.584. The van der Waals surface area contributed by atoms with E-state index in [-0.39, 0.29) is 5.38 Å². The molecule has 62 valence electrons. The molecule has 2 heteroatoms. The highest BCUT2D eigenvalue weighted by Crippen LogP contribution is 2.07. The third kappa shape index (κ3) is 5.07. The second kappa shape index (κ2) is 4.97. The van der Waals surface area contributed by atoms with Crippen molar-refractivity contribution in [1.29, 1.82) is 0 Å². The SMILES string of the molecule is CC(C)NCC(Cl)C(C)C. The maximum atomic E-state index is 6.00. The van der Waals surface area contributed by atoms with Crippen LogP contribution >= 0.6 is 11.6 Å². The largest absolute Gasteiger partial charge is 0.313 e. The molecular weight excluding hydrogens is 146 g/mol. The van der Waals surface area contributed by atoms with Crippen molar-refractivity contribution in [2.45, 2.75) is 39.1 Å². The van der Waals surface area contributed by atoms with E-state index in [1.165, 1.54) is 0 Å². The molecule has 0 spiro atoms. The van der Waals surface area contributed by atoms with Crippen LogP contribution in [-0.2, 0) is 0 Å². The molecule has 0 aliphatic carbocycles. The van der Waals surface area contributed by atoms with Crippen LogP contribution in [-0.4, -0.2) is 18.0 Å². The molecule has 1 atom stereocenters. The summed E-state index contributed by atoms with van der Waals surface area (Å²) in [5.74, 6) is 0.563. The molecule has 0 aliphatic heterocycles. The van der Waals surface area contributed by atoms with Gasteiger partial charge in [-0.2, -0.15) is 0 Å². The van der Waals surface area contributed by atoms with Gasteiger partial charge in [-0.25, -0.2) is 0 Å². The van der Waals surface area contributed by atoms with Crippen LogP contribution in [0.25, 0.3) is 0 Å². The summed E-state index contributed by atoms with van der Waals surface area (Å²) in [6.45, 7) is 9.45. The molecule has 0 aliphatic rings. The predicted molar refractivity (Wildman–Crippen MR) is 47.6 cm³/mol. The van der Waals surface area contributed by atoms with Crippen molar-refractivity contribution in [3.05, 3.63) is 0 Å². The van der Waals surface area contributed by atoms with E-state index < -0.39 is 0 Å². The Labute approximate surface area is 69.1 Å². The molecule has 0 saturated carbocycles. The molecule has 1 unspecified atom stereocenters. The van der Waals surface area contributed by atoms with Crippen LogP contribution in [0.5, 0.6) is 0 Å². The molecule has 1 nitrogen and oxygen atoms in total. The van der Waals surface area contributed by atoms with E-state index in [0.717, 1.165) is 6.54 Å². The summed E-state index contributed by atoms with van der Waals surface area (Å²) >= 11 is 6.00. The lowest BCUT2D eigenvalue weighted by Crippen LogP contribution is -2.31. The smallest absolute Gasteiger partial charge is 0.0483 e. The molecule has 0 fully saturated rings. The van der Waals surface area contributed by atoms with Gasteiger partial charge in [0.1, 0.15) is 0 Å². The Hall–Kier alpha value is 0.250. The number of hydrogen-bond donors (Lipinski definition) is 1. The lowest BCUT2D eigenvalue weighted by atomic mass is 10.1. The Morgan fingerprint density at radius 1 is 1.20 bits per heavy atom. The molecule has 0 aromatic rings. The standard InChI is InChI=1S/C8H18ClN/c1-6(2)8(9)5-10-7(3)4/h6-8,10H,5H2,1-4H3. The summed E-state index contributed by atoms with van der Waals surface area (Å²) in [5, 5.41) is 3.56. The molecule has 10 heavy (non-hydrogen) atoms. The van der Waals surface area contributed by atoms with Crippen LogP contribution in [0.2, 0.25) is 0 Å². The van der Waals surface area contributed by atoms with Gasteiger partial charge in [-0.3, -0.25) is 0 Å². The fourth-order valence-corrected chi connectivity index (χ4v) is 0.673. The zero-order valence-electron chi connectivity index (χ0n) is 7.32. The van der Waals surface area contributed by atoms with Crippen LogP contribution in [0.1, 0.15) is 27.7 Å². The van der Waals surface area contributed by atoms with Crippen molar-refractivity contribution in [1.82, 2.24) is 5.32 Å². The van der Waals surface area contributed by atoms with Crippen LogP contribution in [0.3, 0.4) is 0 Å². The van der Waals surface area contributed by atoms with Gasteiger partial charge in [-0.05, 0) is 5.92 Å². The Balaban J connectivity index is 3.30. The zero-order valence-corrected chi connectivity index (χ0v) is 8.07. The van der Waals surface area contributed by atoms with E-state index >= 15 is 0 Å². The zero-order chi connectivity index (χ0) is 8.15. The average molecular weight is 164 g/mol. The van der Waals surface area contributed by atoms with Crippen molar-refractivity contribution >= 4 is 11.6 Å². The predicted octanol–water partition coefficient (Wildman–Crippen LogP) is 2.25. The molecule has 0 aromatic heterocycles. The van der Waals surface area contributed by atoms with Crippen molar-refractivity contribution < 1.29 is 0 Å². The van der Waals surface area contributed by atoms with E-state index in [1.807, 2.05) is 0 Å². The Kier molecular flexibility index (Phi) is 5.10. The molecule has 0 rings (SSSR count). The van der Waals surface area contributed by atoms with Gasteiger partial charge >= 0.3 is 0 Å². The van der Waals surface area contributed by atoms with E-state index in [2.05, 4.69) is 33.0 Å². The first kappa shape index (κ1) is 10.2. The fraction of sp³-hybridized carbons (Fsp3) is 1.00. The van der Waals surface area contributed by atoms with Crippen LogP contribution in [0, 0.1) is 5.92 Å². The maximum Gasteiger partial charge on any atom is 0.0483 e. The van der Waals surface area contributed by atoms with Gasteiger partial charge < -0.3 is 5.32 Å². The highest BCUT2D eigenvalue weighted by atomic mass is 35.5. The number of rotatable bonds is 4. The molecule has 0 bridgehead atoms. The molecule has 0 radical (unpaired) electrons. The second-order valence-corrected chi connectivity index (χ2v) is 3.88. The Morgan fingerprint density at radius 3 is 2.00 bits per heavy atom. The van der Waals surface area contributed by atoms with E-state index in [9.17, 15) is 0 Å². The molecular formula is C8H18ClN. The quantitative estimate of drug-likeness (QED) is 0.627. The second-order valence-electron chi connectivity index (χ2n) is 3.32. The number of alkyl halides is 1. The third-order valence-corrected chi connectivity index (χ3v) is 2.10. The number of halogens is 1. The Bertz CT molecular complexity index is 81.3. The van der Waals surface area contributed by atoms with Crippen LogP contribution in [0.15, 0.2) is 0 Å². The van der Waals surface area contributed by atoms with Crippen molar-refractivity contribution in [2.24, 2.45) is 5.92 Å². The van der Waals surface area contributed by atoms with Gasteiger partial charge in [0, 0.05) is 18.0 Å². The minimum Gasteiger partial charge on any atom is -0.313 e. The minimum absolute atomic E-state index is 0.266. The monoisotopic (exact) mass is 163 g/mol. The van der Waals surface area contributed by atoms with Crippen LogP contribution < -0.4 is 5.32 Å². The summed E-state index contributed by atoms with van der Waals surface area (Å²) in [7, 11) is 0. The van der Waals surface area contributed by atoms with Gasteiger partial charge in [0.25, 0.3) is 0 Å². The number of hydrogen-bond acceptors (Lipinski definition) is 1. The first-order valence-corrected chi connectivity index (χ1v) is 4.35. The summed E-state index contributed by atoms with van der Waals surface area (Å²) < 4.78 is 0. The van der Waals surface area contributed by atoms with Crippen molar-refractivity contribution in [3.63, 3.8) is 0 Å². The topological polar surface area (TPSA) is 12.0 Å². The lowest BCUT2D eigenvalue weighted by Gasteiger charge is -2.15. The van der Waals surface area contributed by atoms with Gasteiger partial charge in [-0.1, -0.05) is 27.7 Å². The van der Waals surface area contributed by atoms with Crippen LogP contribution in [0.4, 0.5) is 0 Å².